The van der Waals surface area contributed by atoms with Gasteiger partial charge in [0.15, 0.2) is 0 Å². The van der Waals surface area contributed by atoms with Crippen molar-refractivity contribution < 1.29 is 4.74 Å². The van der Waals surface area contributed by atoms with Crippen molar-refractivity contribution in [2.24, 2.45) is 0 Å². The Morgan fingerprint density at radius 3 is 2.71 bits per heavy atom. The van der Waals surface area contributed by atoms with E-state index < -0.39 is 0 Å². The van der Waals surface area contributed by atoms with Crippen LogP contribution in [0, 0.1) is 0 Å². The van der Waals surface area contributed by atoms with E-state index in [1.54, 1.807) is 0 Å². The number of rotatable bonds is 4. The molecule has 2 saturated heterocycles. The van der Waals surface area contributed by atoms with Gasteiger partial charge in [-0.15, -0.1) is 0 Å². The van der Waals surface area contributed by atoms with Crippen molar-refractivity contribution in [1.29, 1.82) is 0 Å². The van der Waals surface area contributed by atoms with E-state index in [2.05, 4.69) is 40.5 Å². The molecule has 92 valence electrons. The van der Waals surface area contributed by atoms with Gasteiger partial charge < -0.3 is 10.1 Å². The maximum absolute atomic E-state index is 5.19. The molecule has 17 heavy (non-hydrogen) atoms. The van der Waals surface area contributed by atoms with Crippen LogP contribution in [-0.2, 0) is 11.3 Å². The minimum absolute atomic E-state index is 0.608. The second kappa shape index (κ2) is 5.17. The van der Waals surface area contributed by atoms with Crippen LogP contribution in [0.1, 0.15) is 12.0 Å². The maximum atomic E-state index is 5.19. The standard InChI is InChI=1S/C14H20N2O/c1-2-4-12(5-3-1)8-16-7-6-13(9-16)15-14-10-17-11-14/h1-5,13-15H,6-11H2. The molecule has 0 spiro atoms. The zero-order chi connectivity index (χ0) is 11.5. The Labute approximate surface area is 103 Å². The van der Waals surface area contributed by atoms with Crippen LogP contribution in [0.15, 0.2) is 30.3 Å². The molecule has 3 nitrogen and oxygen atoms in total. The first-order valence-electron chi connectivity index (χ1n) is 6.50. The lowest BCUT2D eigenvalue weighted by molar-refractivity contribution is -0.00951. The lowest BCUT2D eigenvalue weighted by atomic mass is 10.2. The molecule has 1 N–H and O–H groups in total. The molecule has 0 saturated carbocycles. The molecule has 0 amide bonds. The summed E-state index contributed by atoms with van der Waals surface area (Å²) in [4.78, 5) is 2.53. The van der Waals surface area contributed by atoms with Gasteiger partial charge in [-0.3, -0.25) is 4.90 Å². The SMILES string of the molecule is c1ccc(CN2CCC(NC3COC3)C2)cc1. The molecule has 2 fully saturated rings. The van der Waals surface area contributed by atoms with Gasteiger partial charge in [0.05, 0.1) is 19.3 Å². The summed E-state index contributed by atoms with van der Waals surface area (Å²) in [6.07, 6.45) is 1.27. The molecule has 0 radical (unpaired) electrons. The molecular formula is C14H20N2O. The van der Waals surface area contributed by atoms with E-state index in [0.717, 1.165) is 19.8 Å². The van der Waals surface area contributed by atoms with Gasteiger partial charge >= 0.3 is 0 Å². The van der Waals surface area contributed by atoms with Gasteiger partial charge in [0.25, 0.3) is 0 Å². The van der Waals surface area contributed by atoms with Crippen molar-refractivity contribution >= 4 is 0 Å². The molecule has 1 unspecified atom stereocenters. The summed E-state index contributed by atoms with van der Waals surface area (Å²) in [6.45, 7) is 5.26. The minimum Gasteiger partial charge on any atom is -0.378 e. The average Bonchev–Trinajstić information content (AvgIpc) is 2.73. The molecule has 1 aromatic rings. The Kier molecular flexibility index (Phi) is 3.41. The summed E-state index contributed by atoms with van der Waals surface area (Å²) in [5, 5.41) is 3.66. The van der Waals surface area contributed by atoms with Gasteiger partial charge in [0, 0.05) is 25.7 Å². The van der Waals surface area contributed by atoms with Gasteiger partial charge in [-0.2, -0.15) is 0 Å². The number of likely N-dealkylation sites (tertiary alicyclic amines) is 1. The van der Waals surface area contributed by atoms with Crippen LogP contribution in [-0.4, -0.2) is 43.3 Å². The van der Waals surface area contributed by atoms with Crippen LogP contribution in [0.5, 0.6) is 0 Å². The monoisotopic (exact) mass is 232 g/mol. The lowest BCUT2D eigenvalue weighted by Gasteiger charge is -2.30. The Hall–Kier alpha value is -0.900. The molecule has 0 aromatic heterocycles. The van der Waals surface area contributed by atoms with Crippen LogP contribution in [0.2, 0.25) is 0 Å². The molecule has 2 heterocycles. The van der Waals surface area contributed by atoms with Crippen molar-refractivity contribution in [3.63, 3.8) is 0 Å². The van der Waals surface area contributed by atoms with Crippen LogP contribution < -0.4 is 5.32 Å². The van der Waals surface area contributed by atoms with Crippen molar-refractivity contribution in [3.8, 4) is 0 Å². The maximum Gasteiger partial charge on any atom is 0.0643 e. The largest absolute Gasteiger partial charge is 0.378 e. The summed E-state index contributed by atoms with van der Waals surface area (Å²) in [7, 11) is 0. The molecular weight excluding hydrogens is 212 g/mol. The molecule has 3 rings (SSSR count). The number of hydrogen-bond donors (Lipinski definition) is 1. The Morgan fingerprint density at radius 1 is 1.18 bits per heavy atom. The number of benzene rings is 1. The molecule has 3 heteroatoms. The zero-order valence-electron chi connectivity index (χ0n) is 10.1. The molecule has 2 aliphatic heterocycles. The number of hydrogen-bond acceptors (Lipinski definition) is 3. The molecule has 1 atom stereocenters. The Balaban J connectivity index is 1.47. The quantitative estimate of drug-likeness (QED) is 0.845. The normalized spacial score (nSPS) is 26.0. The first-order chi connectivity index (χ1) is 8.40. The predicted molar refractivity (Wildman–Crippen MR) is 67.9 cm³/mol. The highest BCUT2D eigenvalue weighted by Crippen LogP contribution is 2.15. The van der Waals surface area contributed by atoms with Gasteiger partial charge in [-0.05, 0) is 12.0 Å². The zero-order valence-corrected chi connectivity index (χ0v) is 10.1. The van der Waals surface area contributed by atoms with Crippen molar-refractivity contribution in [3.05, 3.63) is 35.9 Å². The van der Waals surface area contributed by atoms with Crippen LogP contribution in [0.3, 0.4) is 0 Å². The fourth-order valence-corrected chi connectivity index (χ4v) is 2.62. The van der Waals surface area contributed by atoms with Crippen LogP contribution in [0.4, 0.5) is 0 Å². The summed E-state index contributed by atoms with van der Waals surface area (Å²) in [5.41, 5.74) is 1.42. The third-order valence-corrected chi connectivity index (χ3v) is 3.63. The average molecular weight is 232 g/mol. The van der Waals surface area contributed by atoms with E-state index in [4.69, 9.17) is 4.74 Å². The number of nitrogens with zero attached hydrogens (tertiary/aromatic N) is 1. The highest BCUT2D eigenvalue weighted by atomic mass is 16.5. The summed E-state index contributed by atoms with van der Waals surface area (Å²) < 4.78 is 5.19. The van der Waals surface area contributed by atoms with Gasteiger partial charge in [0.1, 0.15) is 0 Å². The highest BCUT2D eigenvalue weighted by molar-refractivity contribution is 5.14. The van der Waals surface area contributed by atoms with E-state index in [0.29, 0.717) is 12.1 Å². The van der Waals surface area contributed by atoms with E-state index in [1.165, 1.54) is 25.1 Å². The van der Waals surface area contributed by atoms with E-state index in [-0.39, 0.29) is 0 Å². The van der Waals surface area contributed by atoms with E-state index >= 15 is 0 Å². The summed E-state index contributed by atoms with van der Waals surface area (Å²) in [6, 6.07) is 12.0. The Morgan fingerprint density at radius 2 is 2.00 bits per heavy atom. The fourth-order valence-electron chi connectivity index (χ4n) is 2.62. The number of nitrogens with one attached hydrogen (secondary N) is 1. The second-order valence-corrected chi connectivity index (χ2v) is 5.11. The van der Waals surface area contributed by atoms with Gasteiger partial charge in [-0.1, -0.05) is 30.3 Å². The summed E-state index contributed by atoms with van der Waals surface area (Å²) in [5.74, 6) is 0. The van der Waals surface area contributed by atoms with Crippen molar-refractivity contribution in [2.75, 3.05) is 26.3 Å². The molecule has 0 bridgehead atoms. The molecule has 0 aliphatic carbocycles. The first-order valence-corrected chi connectivity index (χ1v) is 6.50. The topological polar surface area (TPSA) is 24.5 Å². The van der Waals surface area contributed by atoms with Gasteiger partial charge in [0.2, 0.25) is 0 Å². The minimum atomic E-state index is 0.608. The number of ether oxygens (including phenoxy) is 1. The fraction of sp³-hybridized carbons (Fsp3) is 0.571. The summed E-state index contributed by atoms with van der Waals surface area (Å²) >= 11 is 0. The second-order valence-electron chi connectivity index (χ2n) is 5.11. The first kappa shape index (κ1) is 11.2. The van der Waals surface area contributed by atoms with Crippen molar-refractivity contribution in [1.82, 2.24) is 10.2 Å². The van der Waals surface area contributed by atoms with Crippen molar-refractivity contribution in [2.45, 2.75) is 25.0 Å². The van der Waals surface area contributed by atoms with Gasteiger partial charge in [-0.25, -0.2) is 0 Å². The smallest absolute Gasteiger partial charge is 0.0643 e. The lowest BCUT2D eigenvalue weighted by Crippen LogP contribution is -2.51. The highest BCUT2D eigenvalue weighted by Gasteiger charge is 2.27. The Bertz CT molecular complexity index is 350. The third kappa shape index (κ3) is 2.86. The van der Waals surface area contributed by atoms with Crippen LogP contribution >= 0.6 is 0 Å². The molecule has 2 aliphatic rings. The van der Waals surface area contributed by atoms with E-state index in [9.17, 15) is 0 Å². The van der Waals surface area contributed by atoms with E-state index in [1.807, 2.05) is 0 Å². The molecule has 1 aromatic carbocycles. The third-order valence-electron chi connectivity index (χ3n) is 3.63. The predicted octanol–water partition coefficient (Wildman–Crippen LogP) is 1.25. The van der Waals surface area contributed by atoms with Crippen LogP contribution in [0.25, 0.3) is 0 Å².